The van der Waals surface area contributed by atoms with Crippen molar-refractivity contribution < 1.29 is 21.9 Å². The fraction of sp³-hybridized carbons (Fsp3) is 0.192. The molecule has 0 aliphatic heterocycles. The van der Waals surface area contributed by atoms with Gasteiger partial charge in [-0.3, -0.25) is 14.2 Å². The molecule has 1 aromatic carbocycles. The first-order valence-corrected chi connectivity index (χ1v) is 10.4. The Bertz CT molecular complexity index is 948. The van der Waals surface area contributed by atoms with Crippen molar-refractivity contribution in [1.29, 1.82) is 0 Å². The Morgan fingerprint density at radius 1 is 0.844 bits per heavy atom. The molecule has 0 saturated heterocycles. The predicted molar refractivity (Wildman–Crippen MR) is 122 cm³/mol. The minimum Gasteiger partial charge on any atom is -0.300 e. The summed E-state index contributed by atoms with van der Waals surface area (Å²) in [6.07, 6.45) is 22.4. The Balaban J connectivity index is 0.000000534. The molecular formula is C26H26FeN2O3+2. The van der Waals surface area contributed by atoms with Crippen LogP contribution in [0.15, 0.2) is 46.1 Å². The fourth-order valence-corrected chi connectivity index (χ4v) is 3.30. The quantitative estimate of drug-likeness (QED) is 0.479. The van der Waals surface area contributed by atoms with E-state index in [4.69, 9.17) is 0 Å². The molecule has 0 N–H and O–H groups in total. The number of aromatic nitrogens is 2. The van der Waals surface area contributed by atoms with E-state index in [0.717, 1.165) is 23.8 Å². The standard InChI is InChI=1S/C21H21N2O3.C5H5.Fe/c1-16-15-22(14-8-7-11-17-9-5-6-10-17)21(26)23(19(16)24)20(25)18-12-3-2-4-13-18;1-2-4-5-3-1;/h2-6,9-10,12-13,15H,7-8,11,14H2,1H3;1-5H;/q;;+2. The van der Waals surface area contributed by atoms with Crippen LogP contribution in [0.5, 0.6) is 0 Å². The maximum absolute atomic E-state index is 12.7. The van der Waals surface area contributed by atoms with Crippen molar-refractivity contribution in [3.05, 3.63) is 132 Å². The molecular weight excluding hydrogens is 444 g/mol. The fourth-order valence-electron chi connectivity index (χ4n) is 3.30. The number of aryl methyl sites for hydroxylation is 2. The normalized spacial score (nSPS) is 15.7. The van der Waals surface area contributed by atoms with Crippen molar-refractivity contribution in [1.82, 2.24) is 9.13 Å². The van der Waals surface area contributed by atoms with Crippen molar-refractivity contribution in [2.45, 2.75) is 32.7 Å². The summed E-state index contributed by atoms with van der Waals surface area (Å²) >= 11 is 0. The van der Waals surface area contributed by atoms with Gasteiger partial charge in [-0.15, -0.1) is 0 Å². The van der Waals surface area contributed by atoms with Gasteiger partial charge in [0.25, 0.3) is 11.5 Å². The van der Waals surface area contributed by atoms with Crippen LogP contribution in [0.3, 0.4) is 0 Å². The van der Waals surface area contributed by atoms with Gasteiger partial charge in [0.15, 0.2) is 0 Å². The third-order valence-corrected chi connectivity index (χ3v) is 4.95. The van der Waals surface area contributed by atoms with E-state index in [1.807, 2.05) is 44.9 Å². The number of hydrogen-bond acceptors (Lipinski definition) is 3. The molecule has 2 aliphatic rings. The minimum absolute atomic E-state index is 0. The Hall–Kier alpha value is -1.91. The van der Waals surface area contributed by atoms with Crippen LogP contribution in [0, 0.1) is 70.6 Å². The van der Waals surface area contributed by atoms with Crippen molar-refractivity contribution >= 4 is 5.91 Å². The van der Waals surface area contributed by atoms with Gasteiger partial charge in [-0.1, -0.05) is 24.6 Å². The number of nitrogens with zero attached hydrogens (tertiary/aromatic N) is 2. The zero-order valence-electron chi connectivity index (χ0n) is 18.0. The molecule has 6 heteroatoms. The maximum Gasteiger partial charge on any atom is 2.00 e. The summed E-state index contributed by atoms with van der Waals surface area (Å²) in [7, 11) is 0. The molecule has 0 spiro atoms. The molecule has 2 aliphatic carbocycles. The zero-order chi connectivity index (χ0) is 22.1. The van der Waals surface area contributed by atoms with Gasteiger partial charge >= 0.3 is 22.8 Å². The molecule has 10 radical (unpaired) electrons. The van der Waals surface area contributed by atoms with Gasteiger partial charge in [0.2, 0.25) is 0 Å². The second-order valence-corrected chi connectivity index (χ2v) is 7.31. The van der Waals surface area contributed by atoms with Crippen LogP contribution in [0.1, 0.15) is 35.2 Å². The summed E-state index contributed by atoms with van der Waals surface area (Å²) in [5, 5.41) is 0. The molecule has 0 atom stereocenters. The van der Waals surface area contributed by atoms with E-state index in [2.05, 4.69) is 12.8 Å². The Morgan fingerprint density at radius 2 is 1.44 bits per heavy atom. The van der Waals surface area contributed by atoms with E-state index >= 15 is 0 Å². The third kappa shape index (κ3) is 7.31. The molecule has 1 heterocycles. The Labute approximate surface area is 201 Å². The van der Waals surface area contributed by atoms with Gasteiger partial charge in [-0.2, -0.15) is 4.57 Å². The average Bonchev–Trinajstić information content (AvgIpc) is 3.52. The van der Waals surface area contributed by atoms with Crippen LogP contribution < -0.4 is 11.2 Å². The van der Waals surface area contributed by atoms with Gasteiger partial charge < -0.3 is 0 Å². The number of carbonyl (C=O) groups is 1. The van der Waals surface area contributed by atoms with Crippen LogP contribution in [0.2, 0.25) is 0 Å². The monoisotopic (exact) mass is 470 g/mol. The molecule has 4 rings (SSSR count). The first-order chi connectivity index (χ1) is 15.1. The summed E-state index contributed by atoms with van der Waals surface area (Å²) < 4.78 is 2.20. The zero-order valence-corrected chi connectivity index (χ0v) is 19.1. The van der Waals surface area contributed by atoms with E-state index in [1.165, 1.54) is 10.5 Å². The molecule has 164 valence electrons. The first-order valence-electron chi connectivity index (χ1n) is 10.4. The van der Waals surface area contributed by atoms with Crippen molar-refractivity contribution in [2.24, 2.45) is 0 Å². The Kier molecular flexibility index (Phi) is 11.2. The molecule has 1 aromatic heterocycles. The molecule has 0 bridgehead atoms. The van der Waals surface area contributed by atoms with Crippen molar-refractivity contribution in [3.8, 4) is 0 Å². The molecule has 2 aromatic rings. The third-order valence-electron chi connectivity index (χ3n) is 4.95. The van der Waals surface area contributed by atoms with Gasteiger partial charge in [-0.05, 0) is 95.6 Å². The number of benzene rings is 1. The molecule has 5 nitrogen and oxygen atoms in total. The SMILES string of the molecule is Cc1cn(CCCC[C]2[CH][CH][CH][CH]2)c(=O)n(C(=O)c2ccccc2)c1=O.[CH]1[CH][CH][CH][CH]1.[Fe+2]. The Morgan fingerprint density at radius 3 is 2.03 bits per heavy atom. The predicted octanol–water partition coefficient (Wildman–Crippen LogP) is 3.60. The number of carbonyl (C=O) groups excluding carboxylic acids is 1. The minimum atomic E-state index is -0.588. The smallest absolute Gasteiger partial charge is 0.300 e. The molecule has 2 saturated carbocycles. The number of unbranched alkanes of at least 4 members (excludes halogenated alkanes) is 1. The van der Waals surface area contributed by atoms with Crippen molar-refractivity contribution in [2.75, 3.05) is 0 Å². The van der Waals surface area contributed by atoms with Crippen LogP contribution >= 0.6 is 0 Å². The summed E-state index contributed by atoms with van der Waals surface area (Å²) in [5.74, 6) is 0.688. The number of hydrogen-bond donors (Lipinski definition) is 0. The van der Waals surface area contributed by atoms with Crippen molar-refractivity contribution in [3.63, 3.8) is 0 Å². The summed E-state index contributed by atoms with van der Waals surface area (Å²) in [6, 6.07) is 8.38. The second kappa shape index (κ2) is 13.6. The topological polar surface area (TPSA) is 61.1 Å². The van der Waals surface area contributed by atoms with Gasteiger partial charge in [0.1, 0.15) is 0 Å². The average molecular weight is 470 g/mol. The summed E-state index contributed by atoms with van der Waals surface area (Å²) in [5.41, 5.74) is -0.440. The van der Waals surface area contributed by atoms with E-state index in [1.54, 1.807) is 43.5 Å². The van der Waals surface area contributed by atoms with Gasteiger partial charge in [0.05, 0.1) is 0 Å². The second-order valence-electron chi connectivity index (χ2n) is 7.31. The largest absolute Gasteiger partial charge is 2.00 e. The summed E-state index contributed by atoms with van der Waals surface area (Å²) in [6.45, 7) is 2.10. The van der Waals surface area contributed by atoms with E-state index < -0.39 is 17.2 Å². The molecule has 2 fully saturated rings. The van der Waals surface area contributed by atoms with E-state index in [-0.39, 0.29) is 17.1 Å². The molecule has 0 amide bonds. The van der Waals surface area contributed by atoms with Gasteiger partial charge in [0, 0.05) is 23.9 Å². The summed E-state index contributed by atoms with van der Waals surface area (Å²) in [4.78, 5) is 37.7. The van der Waals surface area contributed by atoms with Crippen LogP contribution in [-0.4, -0.2) is 15.0 Å². The number of rotatable bonds is 6. The van der Waals surface area contributed by atoms with Crippen LogP contribution in [0.25, 0.3) is 0 Å². The molecule has 0 unspecified atom stereocenters. The van der Waals surface area contributed by atoms with Crippen LogP contribution in [-0.2, 0) is 23.6 Å². The van der Waals surface area contributed by atoms with E-state index in [0.29, 0.717) is 17.7 Å². The van der Waals surface area contributed by atoms with Gasteiger partial charge in [-0.25, -0.2) is 4.79 Å². The molecule has 32 heavy (non-hydrogen) atoms. The van der Waals surface area contributed by atoms with Crippen LogP contribution in [0.4, 0.5) is 0 Å². The van der Waals surface area contributed by atoms with E-state index in [9.17, 15) is 14.4 Å². The first kappa shape index (κ1) is 26.3. The maximum atomic E-state index is 12.7.